The number of hydrogen-bond donors (Lipinski definition) is 2. The number of carbonyl (C=O) groups excluding carboxylic acids is 3. The molecule has 28 heavy (non-hydrogen) atoms. The Hall–Kier alpha value is -2.56. The van der Waals surface area contributed by atoms with Gasteiger partial charge in [-0.15, -0.1) is 0 Å². The number of benzene rings is 2. The smallest absolute Gasteiger partial charge is 0.350 e. The summed E-state index contributed by atoms with van der Waals surface area (Å²) in [6, 6.07) is 17.0. The van der Waals surface area contributed by atoms with Crippen LogP contribution in [-0.2, 0) is 25.1 Å². The van der Waals surface area contributed by atoms with Gasteiger partial charge < -0.3 is 14.7 Å². The van der Waals surface area contributed by atoms with Crippen LogP contribution in [0.15, 0.2) is 54.6 Å². The second kappa shape index (κ2) is 12.8. The summed E-state index contributed by atoms with van der Waals surface area (Å²) < 4.78 is 17.0. The number of amides is 1. The molecule has 1 atom stereocenters. The second-order valence-electron chi connectivity index (χ2n) is 5.99. The summed E-state index contributed by atoms with van der Waals surface area (Å²) in [5, 5.41) is 2.68. The summed E-state index contributed by atoms with van der Waals surface area (Å²) in [6.45, 7) is 2.15. The van der Waals surface area contributed by atoms with Crippen LogP contribution in [0.1, 0.15) is 27.9 Å². The fourth-order valence-corrected chi connectivity index (χ4v) is 3.42. The lowest BCUT2D eigenvalue weighted by atomic mass is 10.1. The molecule has 0 aromatic heterocycles. The lowest BCUT2D eigenvalue weighted by Gasteiger charge is -2.12. The normalized spacial score (nSPS) is 12.1. The maximum absolute atomic E-state index is 12.0. The van der Waals surface area contributed by atoms with E-state index in [1.807, 2.05) is 49.4 Å². The van der Waals surface area contributed by atoms with E-state index in [9.17, 15) is 14.3 Å². The Morgan fingerprint density at radius 1 is 1.11 bits per heavy atom. The van der Waals surface area contributed by atoms with E-state index in [1.54, 1.807) is 12.1 Å². The van der Waals surface area contributed by atoms with E-state index in [-0.39, 0.29) is 31.4 Å². The van der Waals surface area contributed by atoms with E-state index < -0.39 is 7.60 Å². The molecule has 2 rings (SSSR count). The number of aryl methyl sites for hydroxylation is 2. The summed E-state index contributed by atoms with van der Waals surface area (Å²) in [5.74, 6) is -0.222. The van der Waals surface area contributed by atoms with Gasteiger partial charge in [-0.05, 0) is 37.5 Å². The average Bonchev–Trinajstić information content (AvgIpc) is 2.67. The topological polar surface area (TPSA) is 110 Å². The van der Waals surface area contributed by atoms with Crippen LogP contribution in [0.5, 0.6) is 0 Å². The van der Waals surface area contributed by atoms with Gasteiger partial charge >= 0.3 is 13.7 Å². The van der Waals surface area contributed by atoms with Crippen LogP contribution in [0.3, 0.4) is 0 Å². The van der Waals surface area contributed by atoms with E-state index in [0.29, 0.717) is 12.0 Å². The molecule has 0 radical (unpaired) electrons. The minimum atomic E-state index is -3.62. The van der Waals surface area contributed by atoms with Crippen molar-refractivity contribution in [2.24, 2.45) is 0 Å². The van der Waals surface area contributed by atoms with Gasteiger partial charge in [-0.3, -0.25) is 9.36 Å². The van der Waals surface area contributed by atoms with Gasteiger partial charge in [0.25, 0.3) is 5.91 Å². The Labute approximate surface area is 164 Å². The van der Waals surface area contributed by atoms with Crippen molar-refractivity contribution in [3.8, 4) is 0 Å². The summed E-state index contributed by atoms with van der Waals surface area (Å²) in [5.41, 5.74) is 2.77. The van der Waals surface area contributed by atoms with Gasteiger partial charge in [-0.1, -0.05) is 48.0 Å². The Morgan fingerprint density at radius 3 is 2.32 bits per heavy atom. The third-order valence-corrected chi connectivity index (χ3v) is 5.21. The van der Waals surface area contributed by atoms with Crippen LogP contribution in [0.2, 0.25) is 0 Å². The predicted molar refractivity (Wildman–Crippen MR) is 104 cm³/mol. The van der Waals surface area contributed by atoms with Crippen LogP contribution in [0, 0.1) is 6.92 Å². The second-order valence-corrected chi connectivity index (χ2v) is 7.97. The highest BCUT2D eigenvalue weighted by Gasteiger charge is 2.18. The van der Waals surface area contributed by atoms with Gasteiger partial charge in [0.15, 0.2) is 0 Å². The van der Waals surface area contributed by atoms with Crippen LogP contribution in [0.4, 0.5) is 0 Å². The van der Waals surface area contributed by atoms with Gasteiger partial charge in [0.2, 0.25) is 0 Å². The first kappa shape index (κ1) is 23.5. The molecule has 0 aliphatic carbocycles. The van der Waals surface area contributed by atoms with Gasteiger partial charge in [0.1, 0.15) is 0 Å². The molecule has 0 aliphatic rings. The van der Waals surface area contributed by atoms with E-state index in [1.165, 1.54) is 0 Å². The van der Waals surface area contributed by atoms with Crippen molar-refractivity contribution >= 4 is 19.7 Å². The lowest BCUT2D eigenvalue weighted by molar-refractivity contribution is -0.191. The van der Waals surface area contributed by atoms with Gasteiger partial charge in [0, 0.05) is 12.1 Å². The van der Waals surface area contributed by atoms with Gasteiger partial charge in [0.05, 0.1) is 12.8 Å². The molecule has 2 aromatic rings. The summed E-state index contributed by atoms with van der Waals surface area (Å²) in [7, 11) is -3.62. The third-order valence-electron chi connectivity index (χ3n) is 3.74. The molecule has 0 fully saturated rings. The Morgan fingerprint density at radius 2 is 1.71 bits per heavy atom. The zero-order valence-electron chi connectivity index (χ0n) is 15.7. The van der Waals surface area contributed by atoms with Crippen LogP contribution >= 0.6 is 7.60 Å². The standard InChI is InChI=1S/C19H24NO4P.CO2/c1-16-9-11-18(12-10-16)19(21)20-13-14-24-25(22,23)15-5-8-17-6-3-2-4-7-17;2-1-3/h2-4,6-7,9-12H,5,8,13-15H2,1H3,(H,20,21)(H,22,23);. The predicted octanol–water partition coefficient (Wildman–Crippen LogP) is 2.98. The first-order valence-electron chi connectivity index (χ1n) is 8.72. The highest BCUT2D eigenvalue weighted by atomic mass is 31.2. The van der Waals surface area contributed by atoms with Crippen molar-refractivity contribution in [2.75, 3.05) is 19.3 Å². The molecule has 0 spiro atoms. The summed E-state index contributed by atoms with van der Waals surface area (Å²) in [4.78, 5) is 38.0. The molecular formula is C20H24NO6P. The molecule has 2 N–H and O–H groups in total. The summed E-state index contributed by atoms with van der Waals surface area (Å²) in [6.07, 6.45) is 1.67. The van der Waals surface area contributed by atoms with E-state index in [4.69, 9.17) is 14.1 Å². The molecule has 150 valence electrons. The molecule has 0 bridgehead atoms. The Balaban J connectivity index is 0.00000122. The molecule has 1 unspecified atom stereocenters. The molecular weight excluding hydrogens is 381 g/mol. The zero-order valence-corrected chi connectivity index (χ0v) is 16.6. The first-order valence-corrected chi connectivity index (χ1v) is 10.5. The van der Waals surface area contributed by atoms with Crippen molar-refractivity contribution in [3.05, 3.63) is 71.3 Å². The van der Waals surface area contributed by atoms with Crippen molar-refractivity contribution in [3.63, 3.8) is 0 Å². The van der Waals surface area contributed by atoms with Crippen LogP contribution in [0.25, 0.3) is 0 Å². The molecule has 1 amide bonds. The number of hydrogen-bond acceptors (Lipinski definition) is 5. The van der Waals surface area contributed by atoms with Gasteiger partial charge in [-0.2, -0.15) is 9.59 Å². The van der Waals surface area contributed by atoms with Crippen LogP contribution in [-0.4, -0.2) is 36.3 Å². The lowest BCUT2D eigenvalue weighted by Crippen LogP contribution is -2.27. The van der Waals surface area contributed by atoms with E-state index >= 15 is 0 Å². The zero-order chi connectivity index (χ0) is 20.8. The molecule has 8 heteroatoms. The minimum Gasteiger partial charge on any atom is -0.350 e. The Bertz CT molecular complexity index is 801. The molecule has 0 heterocycles. The highest BCUT2D eigenvalue weighted by Crippen LogP contribution is 2.42. The number of rotatable bonds is 9. The van der Waals surface area contributed by atoms with E-state index in [2.05, 4.69) is 5.32 Å². The maximum Gasteiger partial charge on any atom is 0.373 e. The van der Waals surface area contributed by atoms with E-state index in [0.717, 1.165) is 17.5 Å². The largest absolute Gasteiger partial charge is 0.373 e. The van der Waals surface area contributed by atoms with Crippen molar-refractivity contribution in [2.45, 2.75) is 19.8 Å². The van der Waals surface area contributed by atoms with Crippen molar-refractivity contribution in [1.29, 1.82) is 0 Å². The molecule has 0 saturated carbocycles. The molecule has 7 nitrogen and oxygen atoms in total. The SMILES string of the molecule is Cc1ccc(C(=O)NCCOP(=O)(O)CCCc2ccccc2)cc1.O=C=O. The monoisotopic (exact) mass is 405 g/mol. The van der Waals surface area contributed by atoms with Crippen molar-refractivity contribution in [1.82, 2.24) is 5.32 Å². The highest BCUT2D eigenvalue weighted by molar-refractivity contribution is 7.52. The third kappa shape index (κ3) is 9.95. The number of nitrogens with one attached hydrogen (secondary N) is 1. The molecule has 0 aliphatic heterocycles. The average molecular weight is 405 g/mol. The van der Waals surface area contributed by atoms with Crippen molar-refractivity contribution < 1.29 is 28.4 Å². The Kier molecular flexibility index (Phi) is 10.7. The van der Waals surface area contributed by atoms with Gasteiger partial charge in [-0.25, -0.2) is 0 Å². The maximum atomic E-state index is 12.0. The van der Waals surface area contributed by atoms with Crippen LogP contribution < -0.4 is 5.32 Å². The molecule has 0 saturated heterocycles. The minimum absolute atomic E-state index is 0.0106. The number of carbonyl (C=O) groups is 1. The first-order chi connectivity index (χ1) is 13.4. The fraction of sp³-hybridized carbons (Fsp3) is 0.300. The quantitative estimate of drug-likeness (QED) is 0.490. The summed E-state index contributed by atoms with van der Waals surface area (Å²) >= 11 is 0. The molecule has 2 aromatic carbocycles. The fourth-order valence-electron chi connectivity index (χ4n) is 2.35.